The quantitative estimate of drug-likeness (QED) is 0.366. The highest BCUT2D eigenvalue weighted by molar-refractivity contribution is 8.46. The minimum absolute atomic E-state index is 0.274. The molecule has 6 heteroatoms. The van der Waals surface area contributed by atoms with Crippen LogP contribution in [0.3, 0.4) is 0 Å². The molecule has 0 saturated heterocycles. The molecule has 0 bridgehead atoms. The fourth-order valence-electron chi connectivity index (χ4n) is 1.65. The van der Waals surface area contributed by atoms with Gasteiger partial charge in [0.2, 0.25) is 0 Å². The summed E-state index contributed by atoms with van der Waals surface area (Å²) in [5.74, 6) is 0.374. The van der Waals surface area contributed by atoms with E-state index in [4.69, 9.17) is 12.2 Å². The zero-order valence-corrected chi connectivity index (χ0v) is 12.9. The molecule has 0 saturated carbocycles. The van der Waals surface area contributed by atoms with Crippen LogP contribution in [-0.2, 0) is 0 Å². The average Bonchev–Trinajstić information content (AvgIpc) is 2.65. The molecular weight excluding hydrogens is 298 g/mol. The third-order valence-corrected chi connectivity index (χ3v) is 5.19. The largest absolute Gasteiger partial charge is 0.272 e. The monoisotopic (exact) mass is 311 g/mol. The van der Waals surface area contributed by atoms with Crippen molar-refractivity contribution < 1.29 is 9.59 Å². The third-order valence-electron chi connectivity index (χ3n) is 2.64. The predicted molar refractivity (Wildman–Crippen MR) is 84.5 cm³/mol. The summed E-state index contributed by atoms with van der Waals surface area (Å²) in [6, 6.07) is 6.85. The zero-order chi connectivity index (χ0) is 13.8. The second-order valence-electron chi connectivity index (χ2n) is 3.99. The van der Waals surface area contributed by atoms with Crippen LogP contribution in [0, 0.1) is 0 Å². The second-order valence-corrected chi connectivity index (χ2v) is 7.24. The van der Waals surface area contributed by atoms with E-state index in [0.717, 1.165) is 34.8 Å². The summed E-state index contributed by atoms with van der Waals surface area (Å²) in [7, 11) is 0. The van der Waals surface area contributed by atoms with Gasteiger partial charge in [-0.3, -0.25) is 9.59 Å². The molecule has 0 atom stereocenters. The topological polar surface area (TPSA) is 37.4 Å². The number of amides is 2. The Balaban J connectivity index is 2.02. The van der Waals surface area contributed by atoms with Crippen molar-refractivity contribution >= 4 is 51.3 Å². The van der Waals surface area contributed by atoms with Crippen molar-refractivity contribution in [3.63, 3.8) is 0 Å². The number of thioether (sulfide) groups is 1. The van der Waals surface area contributed by atoms with Gasteiger partial charge in [-0.15, -0.1) is 11.8 Å². The summed E-state index contributed by atoms with van der Waals surface area (Å²) in [4.78, 5) is 24.2. The molecule has 3 nitrogen and oxygen atoms in total. The Kier molecular flexibility index (Phi) is 5.01. The lowest BCUT2D eigenvalue weighted by Gasteiger charge is -2.12. The molecule has 1 heterocycles. The van der Waals surface area contributed by atoms with E-state index >= 15 is 0 Å². The van der Waals surface area contributed by atoms with Gasteiger partial charge in [0.05, 0.1) is 11.1 Å². The smallest absolute Gasteiger partial charge is 0.268 e. The number of thiocarbonyl (C=S) groups is 1. The summed E-state index contributed by atoms with van der Waals surface area (Å²) in [6.45, 7) is 2.11. The van der Waals surface area contributed by atoms with Crippen molar-refractivity contribution in [3.05, 3.63) is 35.4 Å². The van der Waals surface area contributed by atoms with Gasteiger partial charge < -0.3 is 0 Å². The molecule has 2 rings (SSSR count). The van der Waals surface area contributed by atoms with Crippen molar-refractivity contribution in [1.82, 2.24) is 4.31 Å². The summed E-state index contributed by atoms with van der Waals surface area (Å²) in [5.41, 5.74) is 0.919. The number of hydrogen-bond donors (Lipinski definition) is 0. The van der Waals surface area contributed by atoms with Crippen LogP contribution in [0.25, 0.3) is 0 Å². The van der Waals surface area contributed by atoms with Gasteiger partial charge >= 0.3 is 0 Å². The lowest BCUT2D eigenvalue weighted by Crippen LogP contribution is -2.23. The first kappa shape index (κ1) is 14.6. The highest BCUT2D eigenvalue weighted by Gasteiger charge is 2.36. The van der Waals surface area contributed by atoms with Gasteiger partial charge in [0.15, 0.2) is 0 Å². The highest BCUT2D eigenvalue weighted by atomic mass is 32.2. The predicted octanol–water partition coefficient (Wildman–Crippen LogP) is 3.75. The second kappa shape index (κ2) is 6.54. The molecule has 0 aliphatic carbocycles. The van der Waals surface area contributed by atoms with Gasteiger partial charge in [-0.2, -0.15) is 0 Å². The van der Waals surface area contributed by atoms with E-state index in [-0.39, 0.29) is 11.8 Å². The van der Waals surface area contributed by atoms with Crippen LogP contribution in [-0.4, -0.2) is 25.4 Å². The highest BCUT2D eigenvalue weighted by Crippen LogP contribution is 2.31. The van der Waals surface area contributed by atoms with Crippen LogP contribution >= 0.6 is 35.9 Å². The molecule has 0 unspecified atom stereocenters. The lowest BCUT2D eigenvalue weighted by molar-refractivity contribution is 0.0778. The van der Waals surface area contributed by atoms with Gasteiger partial charge in [-0.05, 0) is 24.3 Å². The Morgan fingerprint density at radius 3 is 2.32 bits per heavy atom. The molecule has 1 aliphatic rings. The summed E-state index contributed by atoms with van der Waals surface area (Å²) < 4.78 is 1.77. The van der Waals surface area contributed by atoms with E-state index in [0.29, 0.717) is 14.7 Å². The molecule has 0 spiro atoms. The lowest BCUT2D eigenvalue weighted by atomic mass is 10.1. The molecule has 0 aromatic heterocycles. The fourth-order valence-corrected chi connectivity index (χ4v) is 3.92. The summed E-state index contributed by atoms with van der Waals surface area (Å²) in [5, 5.41) is 0. The van der Waals surface area contributed by atoms with E-state index in [9.17, 15) is 9.59 Å². The Morgan fingerprint density at radius 2 is 1.79 bits per heavy atom. The Labute approximate surface area is 126 Å². The normalized spacial score (nSPS) is 13.8. The number of carbonyl (C=O) groups is 2. The van der Waals surface area contributed by atoms with Crippen molar-refractivity contribution in [1.29, 1.82) is 0 Å². The van der Waals surface area contributed by atoms with E-state index in [1.807, 2.05) is 0 Å². The maximum absolute atomic E-state index is 12.1. The number of rotatable bonds is 4. The zero-order valence-electron chi connectivity index (χ0n) is 10.4. The Morgan fingerprint density at radius 1 is 1.21 bits per heavy atom. The van der Waals surface area contributed by atoms with E-state index < -0.39 is 0 Å². The van der Waals surface area contributed by atoms with Crippen LogP contribution in [0.2, 0.25) is 0 Å². The molecule has 0 fully saturated rings. The van der Waals surface area contributed by atoms with Crippen molar-refractivity contribution in [2.24, 2.45) is 0 Å². The van der Waals surface area contributed by atoms with Crippen LogP contribution in [0.4, 0.5) is 0 Å². The third kappa shape index (κ3) is 3.19. The molecule has 1 aromatic carbocycles. The van der Waals surface area contributed by atoms with Crippen molar-refractivity contribution in [2.45, 2.75) is 19.8 Å². The van der Waals surface area contributed by atoms with Crippen LogP contribution in [0.5, 0.6) is 0 Å². The molecule has 19 heavy (non-hydrogen) atoms. The molecular formula is C13H13NO2S3. The van der Waals surface area contributed by atoms with Crippen LogP contribution in [0.15, 0.2) is 24.3 Å². The number of fused-ring (bicyclic) bond motifs is 1. The Bertz CT molecular complexity index is 495. The number of unbranched alkanes of at least 4 members (excludes halogenated alkanes) is 1. The first-order chi connectivity index (χ1) is 9.15. The number of hydrogen-bond acceptors (Lipinski definition) is 5. The number of carbonyl (C=O) groups excluding carboxylic acids is 2. The summed E-state index contributed by atoms with van der Waals surface area (Å²) >= 11 is 7.78. The van der Waals surface area contributed by atoms with E-state index in [2.05, 4.69) is 6.92 Å². The summed E-state index contributed by atoms with van der Waals surface area (Å²) in [6.07, 6.45) is 2.18. The Hall–Kier alpha value is -0.850. The first-order valence-electron chi connectivity index (χ1n) is 5.97. The molecule has 2 amide bonds. The van der Waals surface area contributed by atoms with Crippen molar-refractivity contribution in [3.8, 4) is 0 Å². The van der Waals surface area contributed by atoms with Gasteiger partial charge in [-0.25, -0.2) is 4.31 Å². The number of imide groups is 1. The number of benzene rings is 1. The van der Waals surface area contributed by atoms with Crippen LogP contribution < -0.4 is 0 Å². The van der Waals surface area contributed by atoms with Gasteiger partial charge in [0, 0.05) is 11.9 Å². The van der Waals surface area contributed by atoms with Crippen molar-refractivity contribution in [2.75, 3.05) is 5.75 Å². The van der Waals surface area contributed by atoms with Gasteiger partial charge in [-0.1, -0.05) is 37.7 Å². The molecule has 1 aliphatic heterocycles. The molecule has 0 N–H and O–H groups in total. The minimum Gasteiger partial charge on any atom is -0.268 e. The average molecular weight is 311 g/mol. The maximum Gasteiger partial charge on any atom is 0.272 e. The molecule has 0 radical (unpaired) electrons. The van der Waals surface area contributed by atoms with Gasteiger partial charge in [0.1, 0.15) is 3.53 Å². The first-order valence-corrected chi connectivity index (χ1v) is 8.14. The maximum atomic E-state index is 12.1. The fraction of sp³-hybridized carbons (Fsp3) is 0.308. The van der Waals surface area contributed by atoms with Gasteiger partial charge in [0.25, 0.3) is 11.8 Å². The standard InChI is InChI=1S/C13H13NO2S3/c1-2-3-8-18-13(17)19-14-11(15)9-6-4-5-7-10(9)12(14)16/h4-7H,2-3,8H2,1H3. The SMILES string of the molecule is CCCCSC(=S)SN1C(=O)c2ccccc2C1=O. The minimum atomic E-state index is -0.274. The number of nitrogens with zero attached hydrogens (tertiary/aromatic N) is 1. The van der Waals surface area contributed by atoms with E-state index in [1.54, 1.807) is 24.3 Å². The molecule has 100 valence electrons. The molecule has 1 aromatic rings. The van der Waals surface area contributed by atoms with E-state index in [1.165, 1.54) is 11.8 Å². The van der Waals surface area contributed by atoms with Crippen LogP contribution in [0.1, 0.15) is 40.5 Å².